The molecule has 3 N–H and O–H groups in total. The average molecular weight is 496 g/mol. The van der Waals surface area contributed by atoms with Gasteiger partial charge in [0.1, 0.15) is 11.7 Å². The number of likely N-dealkylation sites (N-methyl/N-ethyl adjacent to an activating group) is 1. The van der Waals surface area contributed by atoms with E-state index >= 15 is 0 Å². The van der Waals surface area contributed by atoms with Crippen LogP contribution in [-0.4, -0.2) is 42.2 Å². The molecular weight excluding hydrogens is 472 g/mol. The van der Waals surface area contributed by atoms with Crippen molar-refractivity contribution in [3.63, 3.8) is 0 Å². The monoisotopic (exact) mass is 495 g/mol. The molecule has 0 fully saturated rings. The van der Waals surface area contributed by atoms with Crippen molar-refractivity contribution in [2.45, 2.75) is 26.0 Å². The van der Waals surface area contributed by atoms with Crippen molar-refractivity contribution in [3.8, 4) is 5.75 Å². The Morgan fingerprint density at radius 1 is 1.27 bits per heavy atom. The van der Waals surface area contributed by atoms with Crippen molar-refractivity contribution in [1.82, 2.24) is 20.8 Å². The van der Waals surface area contributed by atoms with Crippen LogP contribution >= 0.6 is 23.2 Å². The van der Waals surface area contributed by atoms with Crippen molar-refractivity contribution in [2.75, 3.05) is 19.5 Å². The molecule has 0 radical (unpaired) electrons. The van der Waals surface area contributed by atoms with E-state index in [1.165, 1.54) is 7.11 Å². The van der Waals surface area contributed by atoms with Gasteiger partial charge in [-0.1, -0.05) is 23.8 Å². The Kier molecular flexibility index (Phi) is 10.3. The molecule has 0 spiro atoms. The number of carbonyl (C=O) groups excluding carboxylic acids is 1. The summed E-state index contributed by atoms with van der Waals surface area (Å²) in [7, 11) is 3.26. The fraction of sp³-hybridized carbons (Fsp3) is 0.273. The van der Waals surface area contributed by atoms with Crippen LogP contribution < -0.4 is 20.9 Å². The van der Waals surface area contributed by atoms with E-state index in [0.29, 0.717) is 22.0 Å². The first-order valence-electron chi connectivity index (χ1n) is 9.80. The maximum Gasteiger partial charge on any atom is 0.224 e. The maximum atomic E-state index is 13.5. The molecule has 0 amide bonds. The van der Waals surface area contributed by atoms with E-state index < -0.39 is 5.82 Å². The lowest BCUT2D eigenvalue weighted by atomic mass is 10.0. The summed E-state index contributed by atoms with van der Waals surface area (Å²) in [6.07, 6.45) is 6.50. The van der Waals surface area contributed by atoms with E-state index in [-0.39, 0.29) is 23.2 Å². The molecule has 0 saturated heterocycles. The van der Waals surface area contributed by atoms with Gasteiger partial charge in [0.25, 0.3) is 0 Å². The van der Waals surface area contributed by atoms with Gasteiger partial charge in [0.15, 0.2) is 11.6 Å². The molecule has 3 rings (SSSR count). The molecule has 0 saturated carbocycles. The van der Waals surface area contributed by atoms with Gasteiger partial charge < -0.3 is 20.2 Å². The molecule has 176 valence electrons. The Morgan fingerprint density at radius 2 is 2.03 bits per heavy atom. The van der Waals surface area contributed by atoms with Crippen LogP contribution in [0.3, 0.4) is 0 Å². The Morgan fingerprint density at radius 3 is 2.64 bits per heavy atom. The quantitative estimate of drug-likeness (QED) is 0.295. The third-order valence-electron chi connectivity index (χ3n) is 4.06. The Balaban J connectivity index is 0.000000257. The van der Waals surface area contributed by atoms with Gasteiger partial charge in [0.2, 0.25) is 5.28 Å². The van der Waals surface area contributed by atoms with Gasteiger partial charge in [-0.25, -0.2) is 14.2 Å². The highest BCUT2D eigenvalue weighted by molar-refractivity contribution is 6.32. The van der Waals surface area contributed by atoms with Crippen molar-refractivity contribution < 1.29 is 18.8 Å². The highest BCUT2D eigenvalue weighted by Gasteiger charge is 2.18. The molecule has 1 aromatic heterocycles. The zero-order valence-electron chi connectivity index (χ0n) is 18.4. The van der Waals surface area contributed by atoms with E-state index in [4.69, 9.17) is 32.8 Å². The summed E-state index contributed by atoms with van der Waals surface area (Å²) in [5.74, 6) is 1.83. The minimum atomic E-state index is -0.604. The molecule has 8 nitrogen and oxygen atoms in total. The number of hydrogen-bond donors (Lipinski definition) is 3. The van der Waals surface area contributed by atoms with Gasteiger partial charge in [-0.3, -0.25) is 0 Å². The van der Waals surface area contributed by atoms with Crippen LogP contribution in [0.4, 0.5) is 15.9 Å². The maximum absolute atomic E-state index is 13.5. The highest BCUT2D eigenvalue weighted by atomic mass is 35.5. The molecule has 1 aliphatic carbocycles. The second kappa shape index (κ2) is 12.9. The second-order valence-electron chi connectivity index (χ2n) is 6.80. The first-order chi connectivity index (χ1) is 15.8. The SMILES string of the molecule is CC(C)Oc1ccc(Nc2nc(Cl)ncc2F)cc1Cl.CNC1=CC=CC(NOC)C1=C=O. The summed E-state index contributed by atoms with van der Waals surface area (Å²) >= 11 is 11.7. The van der Waals surface area contributed by atoms with Crippen LogP contribution in [0.1, 0.15) is 13.8 Å². The number of nitrogens with one attached hydrogen (secondary N) is 3. The number of allylic oxidation sites excluding steroid dienone is 2. The molecule has 0 bridgehead atoms. The third-order valence-corrected chi connectivity index (χ3v) is 4.54. The van der Waals surface area contributed by atoms with Crippen LogP contribution in [0.15, 0.2) is 53.9 Å². The van der Waals surface area contributed by atoms with E-state index in [1.807, 2.05) is 38.0 Å². The summed E-state index contributed by atoms with van der Waals surface area (Å²) in [5.41, 5.74) is 4.53. The summed E-state index contributed by atoms with van der Waals surface area (Å²) in [5, 5.41) is 6.07. The number of rotatable bonds is 7. The molecule has 1 heterocycles. The topological polar surface area (TPSA) is 97.4 Å². The lowest BCUT2D eigenvalue weighted by Crippen LogP contribution is -2.32. The van der Waals surface area contributed by atoms with Gasteiger partial charge in [0, 0.05) is 12.7 Å². The minimum Gasteiger partial charge on any atom is -0.489 e. The van der Waals surface area contributed by atoms with Crippen molar-refractivity contribution >= 4 is 40.6 Å². The van der Waals surface area contributed by atoms with Crippen LogP contribution in [0.2, 0.25) is 10.3 Å². The predicted octanol–water partition coefficient (Wildman–Crippen LogP) is 4.39. The van der Waals surface area contributed by atoms with Crippen molar-refractivity contribution in [3.05, 3.63) is 70.0 Å². The van der Waals surface area contributed by atoms with Gasteiger partial charge in [-0.2, -0.15) is 10.5 Å². The van der Waals surface area contributed by atoms with Crippen molar-refractivity contribution in [1.29, 1.82) is 0 Å². The van der Waals surface area contributed by atoms with Crippen LogP contribution in [0, 0.1) is 5.82 Å². The van der Waals surface area contributed by atoms with E-state index in [9.17, 15) is 9.18 Å². The lowest BCUT2D eigenvalue weighted by molar-refractivity contribution is 0.0825. The largest absolute Gasteiger partial charge is 0.489 e. The first-order valence-corrected chi connectivity index (χ1v) is 10.6. The summed E-state index contributed by atoms with van der Waals surface area (Å²) < 4.78 is 19.0. The number of halogens is 3. The zero-order valence-corrected chi connectivity index (χ0v) is 20.0. The number of nitrogens with zero attached hydrogens (tertiary/aromatic N) is 2. The molecule has 2 aromatic rings. The molecular formula is C22H24Cl2FN5O3. The second-order valence-corrected chi connectivity index (χ2v) is 7.55. The average Bonchev–Trinajstić information content (AvgIpc) is 2.78. The minimum absolute atomic E-state index is 0.0152. The molecule has 33 heavy (non-hydrogen) atoms. The molecule has 0 aliphatic heterocycles. The van der Waals surface area contributed by atoms with Crippen LogP contribution in [0.5, 0.6) is 5.75 Å². The first kappa shape index (κ1) is 26.3. The Bertz CT molecular complexity index is 1070. The summed E-state index contributed by atoms with van der Waals surface area (Å²) in [6, 6.07) is 4.80. The van der Waals surface area contributed by atoms with E-state index in [2.05, 4.69) is 26.1 Å². The van der Waals surface area contributed by atoms with Gasteiger partial charge in [0.05, 0.1) is 41.7 Å². The Labute approximate surface area is 201 Å². The zero-order chi connectivity index (χ0) is 24.4. The highest BCUT2D eigenvalue weighted by Crippen LogP contribution is 2.30. The normalized spacial score (nSPS) is 14.7. The van der Waals surface area contributed by atoms with E-state index in [1.54, 1.807) is 25.2 Å². The predicted molar refractivity (Wildman–Crippen MR) is 127 cm³/mol. The fourth-order valence-corrected chi connectivity index (χ4v) is 3.03. The van der Waals surface area contributed by atoms with Crippen molar-refractivity contribution in [2.24, 2.45) is 0 Å². The number of ether oxygens (including phenoxy) is 1. The standard InChI is InChI=1S/C13H12Cl2FN3O.C9H12N2O2/c1-7(2)20-11-4-3-8(5-9(11)14)18-12-10(16)6-17-13(15)19-12;1-10-8-4-3-5-9(11-13-2)7(8)6-12/h3-7H,1-2H3,(H,17,18,19);3-5,9-11H,1-2H3. The number of hydrogen-bond acceptors (Lipinski definition) is 8. The van der Waals surface area contributed by atoms with Crippen LogP contribution in [0.25, 0.3) is 0 Å². The molecule has 1 aliphatic rings. The fourth-order valence-electron chi connectivity index (χ4n) is 2.68. The Hall–Kier alpha value is -2.94. The number of anilines is 2. The smallest absolute Gasteiger partial charge is 0.224 e. The summed E-state index contributed by atoms with van der Waals surface area (Å²) in [6.45, 7) is 3.81. The van der Waals surface area contributed by atoms with Gasteiger partial charge in [-0.05, 0) is 49.7 Å². The molecule has 11 heteroatoms. The van der Waals surface area contributed by atoms with Gasteiger partial charge in [-0.15, -0.1) is 0 Å². The lowest BCUT2D eigenvalue weighted by Gasteiger charge is -2.19. The van der Waals surface area contributed by atoms with Gasteiger partial charge >= 0.3 is 0 Å². The summed E-state index contributed by atoms with van der Waals surface area (Å²) in [4.78, 5) is 22.7. The number of aromatic nitrogens is 2. The molecule has 1 unspecified atom stereocenters. The number of benzene rings is 1. The molecule has 1 atom stereocenters. The number of hydroxylamine groups is 1. The van der Waals surface area contributed by atoms with E-state index in [0.717, 1.165) is 11.9 Å². The molecule has 1 aromatic carbocycles. The third kappa shape index (κ3) is 7.85. The van der Waals surface area contributed by atoms with Crippen LogP contribution in [-0.2, 0) is 9.63 Å².